The molecule has 0 bridgehead atoms. The van der Waals surface area contributed by atoms with Gasteiger partial charge in [-0.05, 0) is 31.5 Å². The molecule has 0 spiro atoms. The summed E-state index contributed by atoms with van der Waals surface area (Å²) in [6, 6.07) is 7.37. The maximum Gasteiger partial charge on any atom is 0.319 e. The molecule has 1 aromatic rings. The lowest BCUT2D eigenvalue weighted by Crippen LogP contribution is -2.31. The Labute approximate surface area is 105 Å². The van der Waals surface area contributed by atoms with Crippen molar-refractivity contribution in [3.8, 4) is 0 Å². The molecule has 0 unspecified atom stereocenters. The minimum absolute atomic E-state index is 0.418. The third-order valence-corrected chi connectivity index (χ3v) is 3.23. The minimum atomic E-state index is -1.20. The molecule has 5 heteroatoms. The molecule has 3 N–H and O–H groups in total. The van der Waals surface area contributed by atoms with E-state index in [4.69, 9.17) is 5.11 Å². The second-order valence-corrected chi connectivity index (χ2v) is 4.53. The summed E-state index contributed by atoms with van der Waals surface area (Å²) in [6.45, 7) is 0.622. The van der Waals surface area contributed by atoms with Crippen LogP contribution in [0, 0.1) is 5.41 Å². The van der Waals surface area contributed by atoms with Crippen LogP contribution in [0.3, 0.4) is 0 Å². The minimum Gasteiger partial charge on any atom is -0.480 e. The Morgan fingerprint density at radius 2 is 2.00 bits per heavy atom. The van der Waals surface area contributed by atoms with E-state index in [0.717, 1.165) is 5.56 Å². The van der Waals surface area contributed by atoms with E-state index in [1.807, 2.05) is 25.2 Å². The van der Waals surface area contributed by atoms with E-state index >= 15 is 0 Å². The van der Waals surface area contributed by atoms with Crippen LogP contribution < -0.4 is 10.6 Å². The van der Waals surface area contributed by atoms with Crippen LogP contribution in [0.5, 0.6) is 0 Å². The molecular formula is C13H16N2O3. The molecule has 1 aliphatic rings. The number of amides is 1. The van der Waals surface area contributed by atoms with Gasteiger partial charge < -0.3 is 15.7 Å². The van der Waals surface area contributed by atoms with Crippen LogP contribution in [0.1, 0.15) is 18.4 Å². The van der Waals surface area contributed by atoms with Gasteiger partial charge in [-0.1, -0.05) is 18.2 Å². The van der Waals surface area contributed by atoms with E-state index < -0.39 is 17.3 Å². The number of carboxylic acid groups (broad SMARTS) is 1. The topological polar surface area (TPSA) is 78.4 Å². The summed E-state index contributed by atoms with van der Waals surface area (Å²) < 4.78 is 0. The highest BCUT2D eigenvalue weighted by atomic mass is 16.4. The third kappa shape index (κ3) is 2.22. The first-order valence-electron chi connectivity index (χ1n) is 5.87. The van der Waals surface area contributed by atoms with Gasteiger partial charge in [0.2, 0.25) is 5.91 Å². The molecule has 0 atom stereocenters. The maximum absolute atomic E-state index is 12.0. The van der Waals surface area contributed by atoms with Gasteiger partial charge in [-0.25, -0.2) is 0 Å². The number of hydrogen-bond donors (Lipinski definition) is 3. The SMILES string of the molecule is CNCc1ccccc1NC(=O)C1(C(=O)O)CC1. The standard InChI is InChI=1S/C13H16N2O3/c1-14-8-9-4-2-3-5-10(9)15-11(16)13(6-7-13)12(17)18/h2-5,14H,6-8H2,1H3,(H,15,16)(H,17,18). The van der Waals surface area contributed by atoms with E-state index in [1.165, 1.54) is 0 Å². The monoisotopic (exact) mass is 248 g/mol. The smallest absolute Gasteiger partial charge is 0.319 e. The number of aliphatic carboxylic acids is 1. The van der Waals surface area contributed by atoms with Crippen LogP contribution in [0.2, 0.25) is 0 Å². The molecule has 0 radical (unpaired) electrons. The van der Waals surface area contributed by atoms with Crippen molar-refractivity contribution in [2.24, 2.45) is 5.41 Å². The first-order chi connectivity index (χ1) is 8.60. The summed E-state index contributed by atoms with van der Waals surface area (Å²) >= 11 is 0. The molecule has 1 aliphatic carbocycles. The van der Waals surface area contributed by atoms with Gasteiger partial charge in [-0.3, -0.25) is 9.59 Å². The zero-order valence-corrected chi connectivity index (χ0v) is 10.2. The number of rotatable bonds is 5. The molecule has 0 saturated heterocycles. The number of carboxylic acids is 1. The summed E-state index contributed by atoms with van der Waals surface area (Å²) in [4.78, 5) is 23.0. The Hall–Kier alpha value is -1.88. The Morgan fingerprint density at radius 1 is 1.33 bits per heavy atom. The number of nitrogens with one attached hydrogen (secondary N) is 2. The van der Waals surface area contributed by atoms with Gasteiger partial charge in [-0.15, -0.1) is 0 Å². The highest BCUT2D eigenvalue weighted by molar-refractivity contribution is 6.11. The molecular weight excluding hydrogens is 232 g/mol. The van der Waals surface area contributed by atoms with Gasteiger partial charge >= 0.3 is 5.97 Å². The van der Waals surface area contributed by atoms with Gasteiger partial charge in [-0.2, -0.15) is 0 Å². The van der Waals surface area contributed by atoms with Crippen molar-refractivity contribution in [1.29, 1.82) is 0 Å². The predicted octanol–water partition coefficient (Wildman–Crippen LogP) is 1.21. The Balaban J connectivity index is 2.15. The molecule has 1 amide bonds. The molecule has 1 saturated carbocycles. The van der Waals surface area contributed by atoms with E-state index in [0.29, 0.717) is 25.1 Å². The van der Waals surface area contributed by atoms with E-state index in [-0.39, 0.29) is 0 Å². The predicted molar refractivity (Wildman–Crippen MR) is 67.1 cm³/mol. The highest BCUT2D eigenvalue weighted by Crippen LogP contribution is 2.46. The van der Waals surface area contributed by atoms with Crippen LogP contribution in [-0.4, -0.2) is 24.0 Å². The van der Waals surface area contributed by atoms with E-state index in [1.54, 1.807) is 6.07 Å². The van der Waals surface area contributed by atoms with Crippen molar-refractivity contribution < 1.29 is 14.7 Å². The van der Waals surface area contributed by atoms with Crippen LogP contribution in [0.15, 0.2) is 24.3 Å². The van der Waals surface area contributed by atoms with Crippen molar-refractivity contribution >= 4 is 17.6 Å². The lowest BCUT2D eigenvalue weighted by atomic mass is 10.1. The second kappa shape index (κ2) is 4.78. The largest absolute Gasteiger partial charge is 0.480 e. The molecule has 1 aromatic carbocycles. The number of anilines is 1. The third-order valence-electron chi connectivity index (χ3n) is 3.23. The van der Waals surface area contributed by atoms with Crippen molar-refractivity contribution in [2.45, 2.75) is 19.4 Å². The molecule has 5 nitrogen and oxygen atoms in total. The fourth-order valence-corrected chi connectivity index (χ4v) is 1.89. The number of para-hydroxylation sites is 1. The van der Waals surface area contributed by atoms with Gasteiger partial charge in [0.05, 0.1) is 0 Å². The summed E-state index contributed by atoms with van der Waals surface area (Å²) in [6.07, 6.45) is 0.838. The van der Waals surface area contributed by atoms with Crippen LogP contribution in [0.4, 0.5) is 5.69 Å². The number of carbonyl (C=O) groups is 2. The first-order valence-corrected chi connectivity index (χ1v) is 5.87. The van der Waals surface area contributed by atoms with Crippen molar-refractivity contribution in [3.63, 3.8) is 0 Å². The van der Waals surface area contributed by atoms with Gasteiger partial charge in [0.15, 0.2) is 0 Å². The van der Waals surface area contributed by atoms with Gasteiger partial charge in [0, 0.05) is 12.2 Å². The fourth-order valence-electron chi connectivity index (χ4n) is 1.89. The molecule has 96 valence electrons. The molecule has 18 heavy (non-hydrogen) atoms. The highest BCUT2D eigenvalue weighted by Gasteiger charge is 2.57. The summed E-state index contributed by atoms with van der Waals surface area (Å²) in [5.74, 6) is -1.45. The maximum atomic E-state index is 12.0. The van der Waals surface area contributed by atoms with Gasteiger partial charge in [0.25, 0.3) is 0 Å². The fraction of sp³-hybridized carbons (Fsp3) is 0.385. The Bertz CT molecular complexity index is 481. The van der Waals surface area contributed by atoms with Gasteiger partial charge in [0.1, 0.15) is 5.41 Å². The molecule has 1 fully saturated rings. The van der Waals surface area contributed by atoms with Crippen LogP contribution >= 0.6 is 0 Å². The zero-order valence-electron chi connectivity index (χ0n) is 10.2. The first kappa shape index (κ1) is 12.6. The van der Waals surface area contributed by atoms with Crippen molar-refractivity contribution in [3.05, 3.63) is 29.8 Å². The average molecular weight is 248 g/mol. The van der Waals surface area contributed by atoms with Crippen LogP contribution in [-0.2, 0) is 16.1 Å². The number of carbonyl (C=O) groups excluding carboxylic acids is 1. The molecule has 0 aliphatic heterocycles. The summed E-state index contributed by atoms with van der Waals surface area (Å²) in [7, 11) is 1.82. The summed E-state index contributed by atoms with van der Waals surface area (Å²) in [5, 5.41) is 14.8. The number of benzene rings is 1. The second-order valence-electron chi connectivity index (χ2n) is 4.53. The summed E-state index contributed by atoms with van der Waals surface area (Å²) in [5.41, 5.74) is 0.408. The number of hydrogen-bond acceptors (Lipinski definition) is 3. The van der Waals surface area contributed by atoms with Crippen molar-refractivity contribution in [2.75, 3.05) is 12.4 Å². The quantitative estimate of drug-likeness (QED) is 0.684. The zero-order chi connectivity index (χ0) is 13.2. The lowest BCUT2D eigenvalue weighted by molar-refractivity contribution is -0.147. The Morgan fingerprint density at radius 3 is 2.56 bits per heavy atom. The molecule has 0 aromatic heterocycles. The van der Waals surface area contributed by atoms with Crippen molar-refractivity contribution in [1.82, 2.24) is 5.32 Å². The molecule has 0 heterocycles. The normalized spacial score (nSPS) is 16.1. The van der Waals surface area contributed by atoms with Crippen LogP contribution in [0.25, 0.3) is 0 Å². The molecule has 2 rings (SSSR count). The lowest BCUT2D eigenvalue weighted by Gasteiger charge is -2.14. The average Bonchev–Trinajstić information content (AvgIpc) is 3.13. The van der Waals surface area contributed by atoms with E-state index in [2.05, 4.69) is 10.6 Å². The Kier molecular flexibility index (Phi) is 3.34. The van der Waals surface area contributed by atoms with E-state index in [9.17, 15) is 9.59 Å².